The van der Waals surface area contributed by atoms with Gasteiger partial charge in [-0.2, -0.15) is 9.50 Å². The minimum atomic E-state index is -0.632. The van der Waals surface area contributed by atoms with Crippen LogP contribution in [-0.2, 0) is 5.41 Å². The van der Waals surface area contributed by atoms with E-state index in [1.807, 2.05) is 0 Å². The summed E-state index contributed by atoms with van der Waals surface area (Å²) in [5.41, 5.74) is -0.348. The molecule has 2 heterocycles. The predicted molar refractivity (Wildman–Crippen MR) is 82.0 cm³/mol. The normalized spacial score (nSPS) is 34.1. The van der Waals surface area contributed by atoms with Crippen LogP contribution in [0.25, 0.3) is 5.78 Å². The van der Waals surface area contributed by atoms with E-state index in [1.165, 1.54) is 19.3 Å². The Morgan fingerprint density at radius 2 is 1.71 bits per heavy atom. The summed E-state index contributed by atoms with van der Waals surface area (Å²) in [6, 6.07) is 0. The van der Waals surface area contributed by atoms with E-state index in [2.05, 4.69) is 15.2 Å². The number of aryl methyl sites for hydroxylation is 1. The van der Waals surface area contributed by atoms with Gasteiger partial charge in [0.05, 0.1) is 14.9 Å². The molecule has 0 N–H and O–H groups in total. The lowest BCUT2D eigenvalue weighted by Crippen LogP contribution is -2.52. The molecule has 0 amide bonds. The second-order valence-corrected chi connectivity index (χ2v) is 7.85. The molecule has 24 heavy (non-hydrogen) atoms. The van der Waals surface area contributed by atoms with Crippen molar-refractivity contribution < 1.29 is 5.03 Å². The molecular weight excluding hydrogens is 312 g/mol. The van der Waals surface area contributed by atoms with E-state index in [9.17, 15) is 14.9 Å². The Bertz CT molecular complexity index is 894. The fourth-order valence-corrected chi connectivity index (χ4v) is 5.80. The van der Waals surface area contributed by atoms with Gasteiger partial charge in [0.15, 0.2) is 5.82 Å². The Kier molecular flexibility index (Phi) is 2.58. The zero-order valence-electron chi connectivity index (χ0n) is 13.4. The average molecular weight is 330 g/mol. The van der Waals surface area contributed by atoms with Gasteiger partial charge in [-0.1, -0.05) is 0 Å². The maximum atomic E-state index is 13.0. The van der Waals surface area contributed by atoms with Crippen LogP contribution in [0.4, 0.5) is 0 Å². The quantitative estimate of drug-likeness (QED) is 0.602. The van der Waals surface area contributed by atoms with E-state index in [4.69, 9.17) is 0 Å². The molecule has 126 valence electrons. The van der Waals surface area contributed by atoms with Crippen molar-refractivity contribution in [3.63, 3.8) is 0 Å². The Hall–Kier alpha value is -2.32. The first-order chi connectivity index (χ1) is 11.4. The van der Waals surface area contributed by atoms with E-state index in [0.717, 1.165) is 23.8 Å². The average Bonchev–Trinajstić information content (AvgIpc) is 2.87. The number of fused-ring (bicyclic) bond motifs is 1. The fourth-order valence-electron chi connectivity index (χ4n) is 5.80. The molecule has 9 heteroatoms. The van der Waals surface area contributed by atoms with E-state index in [-0.39, 0.29) is 16.8 Å². The minimum absolute atomic E-state index is 0.129. The molecule has 0 aromatic carbocycles. The van der Waals surface area contributed by atoms with Crippen molar-refractivity contribution in [2.75, 3.05) is 0 Å². The van der Waals surface area contributed by atoms with Crippen molar-refractivity contribution in [3.05, 3.63) is 32.0 Å². The molecule has 0 unspecified atom stereocenters. The maximum absolute atomic E-state index is 13.0. The van der Waals surface area contributed by atoms with Gasteiger partial charge in [0.2, 0.25) is 0 Å². The fraction of sp³-hybridized carbons (Fsp3) is 0.733. The summed E-state index contributed by atoms with van der Waals surface area (Å²) in [6.07, 6.45) is 6.43. The first-order valence-electron chi connectivity index (χ1n) is 8.47. The van der Waals surface area contributed by atoms with Gasteiger partial charge in [0, 0.05) is 5.41 Å². The first-order valence-corrected chi connectivity index (χ1v) is 8.47. The Morgan fingerprint density at radius 1 is 1.12 bits per heavy atom. The second-order valence-electron chi connectivity index (χ2n) is 7.85. The molecule has 0 aliphatic heterocycles. The summed E-state index contributed by atoms with van der Waals surface area (Å²) < 4.78 is 1.05. The van der Waals surface area contributed by atoms with Gasteiger partial charge in [-0.25, -0.2) is 0 Å². The van der Waals surface area contributed by atoms with E-state index in [1.54, 1.807) is 6.92 Å². The zero-order valence-corrected chi connectivity index (χ0v) is 13.4. The molecule has 2 aromatic rings. The van der Waals surface area contributed by atoms with Crippen molar-refractivity contribution in [2.45, 2.75) is 50.9 Å². The van der Waals surface area contributed by atoms with Crippen molar-refractivity contribution in [1.82, 2.24) is 24.5 Å². The minimum Gasteiger partial charge on any atom is -0.339 e. The monoisotopic (exact) mass is 330 g/mol. The highest BCUT2D eigenvalue weighted by Gasteiger charge is 2.56. The van der Waals surface area contributed by atoms with Gasteiger partial charge in [-0.3, -0.25) is 4.79 Å². The van der Waals surface area contributed by atoms with Crippen LogP contribution in [0.5, 0.6) is 0 Å². The summed E-state index contributed by atoms with van der Waals surface area (Å²) in [7, 11) is 0. The third-order valence-corrected chi connectivity index (χ3v) is 6.16. The number of nitrogens with zero attached hydrogens (tertiary/aromatic N) is 6. The molecule has 0 atom stereocenters. The molecule has 2 aromatic heterocycles. The summed E-state index contributed by atoms with van der Waals surface area (Å²) in [5.74, 6) is 2.06. The highest BCUT2D eigenvalue weighted by molar-refractivity contribution is 5.29. The van der Waals surface area contributed by atoms with Crippen molar-refractivity contribution >= 4 is 5.78 Å². The lowest BCUT2D eigenvalue weighted by Gasteiger charge is -2.54. The van der Waals surface area contributed by atoms with Crippen molar-refractivity contribution in [3.8, 4) is 0 Å². The highest BCUT2D eigenvalue weighted by Crippen LogP contribution is 2.59. The predicted octanol–water partition coefficient (Wildman–Crippen LogP) is 1.10. The zero-order chi connectivity index (χ0) is 16.6. The molecule has 0 spiro atoms. The van der Waals surface area contributed by atoms with Crippen LogP contribution in [0.1, 0.15) is 50.0 Å². The number of nitro groups is 1. The number of hydrogen-bond donors (Lipinski definition) is 0. The largest absolute Gasteiger partial charge is 0.339 e. The smallest absolute Gasteiger partial charge is 0.324 e. The number of rotatable bonds is 2. The molecule has 9 nitrogen and oxygen atoms in total. The Balaban J connectivity index is 1.77. The van der Waals surface area contributed by atoms with Gasteiger partial charge < -0.3 is 10.1 Å². The van der Waals surface area contributed by atoms with Gasteiger partial charge in [0.1, 0.15) is 0 Å². The van der Waals surface area contributed by atoms with Gasteiger partial charge >= 0.3 is 11.3 Å². The van der Waals surface area contributed by atoms with Crippen LogP contribution in [-0.4, -0.2) is 29.5 Å². The topological polar surface area (TPSA) is 108 Å². The molecule has 4 aliphatic rings. The standard InChI is InChI=1S/C15H18N6O3/c1-8-16-14-19(17-8)13(22)12(18-20(14)21(23)24)15-5-9-2-10(6-15)4-11(3-9)7-15/h9-11H,2-7H2,1H3. The maximum Gasteiger partial charge on any atom is 0.324 e. The highest BCUT2D eigenvalue weighted by atomic mass is 16.7. The van der Waals surface area contributed by atoms with Crippen LogP contribution in [0.3, 0.4) is 0 Å². The third-order valence-electron chi connectivity index (χ3n) is 6.16. The van der Waals surface area contributed by atoms with Crippen LogP contribution in [0.15, 0.2) is 4.79 Å². The van der Waals surface area contributed by atoms with Crippen molar-refractivity contribution in [2.24, 2.45) is 17.8 Å². The summed E-state index contributed by atoms with van der Waals surface area (Å²) in [4.78, 5) is 29.0. The van der Waals surface area contributed by atoms with E-state index < -0.39 is 5.03 Å². The first kappa shape index (κ1) is 14.1. The molecule has 4 fully saturated rings. The third kappa shape index (κ3) is 1.75. The number of aromatic nitrogens is 5. The molecular formula is C15H18N6O3. The second kappa shape index (κ2) is 4.40. The van der Waals surface area contributed by atoms with Crippen molar-refractivity contribution in [1.29, 1.82) is 0 Å². The summed E-state index contributed by atoms with van der Waals surface area (Å²) >= 11 is 0. The van der Waals surface area contributed by atoms with E-state index in [0.29, 0.717) is 34.1 Å². The molecule has 4 aliphatic carbocycles. The lowest BCUT2D eigenvalue weighted by atomic mass is 9.49. The van der Waals surface area contributed by atoms with Crippen LogP contribution < -0.4 is 5.56 Å². The summed E-state index contributed by atoms with van der Waals surface area (Å²) in [6.45, 7) is 1.61. The van der Waals surface area contributed by atoms with Crippen LogP contribution >= 0.6 is 0 Å². The molecule has 4 saturated carbocycles. The van der Waals surface area contributed by atoms with Gasteiger partial charge in [-0.05, 0) is 63.2 Å². The Morgan fingerprint density at radius 3 is 2.25 bits per heavy atom. The molecule has 6 rings (SSSR count). The molecule has 4 bridgehead atoms. The molecule has 0 saturated heterocycles. The van der Waals surface area contributed by atoms with Crippen LogP contribution in [0.2, 0.25) is 0 Å². The SMILES string of the molecule is Cc1nc2n([N+](=O)[O-])nc(C34CC5CC(CC(C5)C3)C4)c(=O)n2n1. The summed E-state index contributed by atoms with van der Waals surface area (Å²) in [5, 5.41) is 19.1. The van der Waals surface area contributed by atoms with E-state index >= 15 is 0 Å². The molecule has 0 radical (unpaired) electrons. The van der Waals surface area contributed by atoms with Gasteiger partial charge in [-0.15, -0.1) is 5.10 Å². The lowest BCUT2D eigenvalue weighted by molar-refractivity contribution is -0.550. The number of hydrogen-bond acceptors (Lipinski definition) is 6. The Labute approximate surface area is 136 Å². The van der Waals surface area contributed by atoms with Crippen LogP contribution in [0, 0.1) is 34.8 Å². The van der Waals surface area contributed by atoms with Gasteiger partial charge in [0.25, 0.3) is 5.69 Å².